The van der Waals surface area contributed by atoms with Crippen LogP contribution in [0, 0.1) is 6.92 Å². The van der Waals surface area contributed by atoms with Gasteiger partial charge in [0.15, 0.2) is 0 Å². The predicted octanol–water partition coefficient (Wildman–Crippen LogP) is 2.46. The molecule has 140 valence electrons. The Balaban J connectivity index is 2.39. The Morgan fingerprint density at radius 1 is 1.12 bits per heavy atom. The van der Waals surface area contributed by atoms with E-state index in [-0.39, 0.29) is 11.8 Å². The molecule has 2 amide bonds. The predicted molar refractivity (Wildman–Crippen MR) is 102 cm³/mol. The zero-order valence-electron chi connectivity index (χ0n) is 15.6. The van der Waals surface area contributed by atoms with Crippen molar-refractivity contribution in [2.45, 2.75) is 64.8 Å². The van der Waals surface area contributed by atoms with Crippen LogP contribution in [0.3, 0.4) is 0 Å². The second-order valence-electron chi connectivity index (χ2n) is 6.53. The number of nitrogens with one attached hydrogen (secondary N) is 2. The summed E-state index contributed by atoms with van der Waals surface area (Å²) < 4.78 is 0. The molecule has 1 rings (SSSR count). The lowest BCUT2D eigenvalue weighted by molar-refractivity contribution is -0.129. The van der Waals surface area contributed by atoms with E-state index in [1.54, 1.807) is 0 Å². The van der Waals surface area contributed by atoms with Gasteiger partial charge in [0.05, 0.1) is 0 Å². The third-order valence-electron chi connectivity index (χ3n) is 4.17. The molecule has 0 aromatic heterocycles. The fourth-order valence-electron chi connectivity index (χ4n) is 2.58. The van der Waals surface area contributed by atoms with Crippen molar-refractivity contribution in [1.82, 2.24) is 10.6 Å². The molecule has 1 aromatic rings. The summed E-state index contributed by atoms with van der Waals surface area (Å²) in [6.45, 7) is 5.30. The van der Waals surface area contributed by atoms with Crippen LogP contribution >= 0.6 is 0 Å². The van der Waals surface area contributed by atoms with E-state index in [0.29, 0.717) is 25.9 Å². The molecule has 25 heavy (non-hydrogen) atoms. The van der Waals surface area contributed by atoms with Crippen molar-refractivity contribution in [2.75, 3.05) is 13.1 Å². The molecular formula is C20H33N3O2. The first-order valence-electron chi connectivity index (χ1n) is 9.39. The molecule has 0 heterocycles. The number of amides is 2. The average molecular weight is 348 g/mol. The highest BCUT2D eigenvalue weighted by Gasteiger charge is 2.19. The smallest absolute Gasteiger partial charge is 0.242 e. The molecule has 0 saturated carbocycles. The molecule has 0 aliphatic heterocycles. The van der Waals surface area contributed by atoms with Gasteiger partial charge in [0.2, 0.25) is 11.8 Å². The van der Waals surface area contributed by atoms with Crippen molar-refractivity contribution in [1.29, 1.82) is 0 Å². The minimum absolute atomic E-state index is 0.0697. The zero-order chi connectivity index (χ0) is 18.5. The van der Waals surface area contributed by atoms with Crippen molar-refractivity contribution in [3.63, 3.8) is 0 Å². The molecule has 1 aromatic carbocycles. The van der Waals surface area contributed by atoms with Gasteiger partial charge in [0, 0.05) is 13.0 Å². The van der Waals surface area contributed by atoms with E-state index in [0.717, 1.165) is 32.1 Å². The monoisotopic (exact) mass is 347 g/mol. The van der Waals surface area contributed by atoms with E-state index in [1.165, 1.54) is 11.1 Å². The van der Waals surface area contributed by atoms with Crippen LogP contribution < -0.4 is 16.4 Å². The fraction of sp³-hybridized carbons (Fsp3) is 0.600. The SMILES string of the molecule is CCCCNC(=O)[C@@H](CCCN)NC(=O)CCCc1ccc(C)cc1. The average Bonchev–Trinajstić information content (AvgIpc) is 2.60. The quantitative estimate of drug-likeness (QED) is 0.508. The van der Waals surface area contributed by atoms with Crippen molar-refractivity contribution < 1.29 is 9.59 Å². The number of carbonyl (C=O) groups is 2. The Morgan fingerprint density at radius 3 is 2.48 bits per heavy atom. The second-order valence-corrected chi connectivity index (χ2v) is 6.53. The molecular weight excluding hydrogens is 314 g/mol. The number of nitrogens with two attached hydrogens (primary N) is 1. The summed E-state index contributed by atoms with van der Waals surface area (Å²) >= 11 is 0. The molecule has 0 spiro atoms. The molecule has 5 heteroatoms. The minimum atomic E-state index is -0.479. The Bertz CT molecular complexity index is 514. The molecule has 0 unspecified atom stereocenters. The van der Waals surface area contributed by atoms with E-state index < -0.39 is 6.04 Å². The normalized spacial score (nSPS) is 11.8. The number of carbonyl (C=O) groups excluding carboxylic acids is 2. The molecule has 1 atom stereocenters. The highest BCUT2D eigenvalue weighted by molar-refractivity contribution is 5.87. The third-order valence-corrected chi connectivity index (χ3v) is 4.17. The standard InChI is InChI=1S/C20H33N3O2/c1-3-4-15-22-20(25)18(8-6-14-21)23-19(24)9-5-7-17-12-10-16(2)11-13-17/h10-13,18H,3-9,14-15,21H2,1-2H3,(H,22,25)(H,23,24)/t18-/m1/s1. The van der Waals surface area contributed by atoms with Crippen molar-refractivity contribution in [3.8, 4) is 0 Å². The minimum Gasteiger partial charge on any atom is -0.354 e. The van der Waals surface area contributed by atoms with Crippen LogP contribution in [0.5, 0.6) is 0 Å². The number of rotatable bonds is 12. The van der Waals surface area contributed by atoms with Gasteiger partial charge < -0.3 is 16.4 Å². The molecule has 0 saturated heterocycles. The maximum absolute atomic E-state index is 12.2. The topological polar surface area (TPSA) is 84.2 Å². The van der Waals surface area contributed by atoms with Crippen LogP contribution in [0.4, 0.5) is 0 Å². The maximum Gasteiger partial charge on any atom is 0.242 e. The highest BCUT2D eigenvalue weighted by atomic mass is 16.2. The fourth-order valence-corrected chi connectivity index (χ4v) is 2.58. The van der Waals surface area contributed by atoms with Crippen LogP contribution in [0.15, 0.2) is 24.3 Å². The molecule has 0 aliphatic carbocycles. The number of aryl methyl sites for hydroxylation is 2. The summed E-state index contributed by atoms with van der Waals surface area (Å²) in [6, 6.07) is 7.88. The van der Waals surface area contributed by atoms with Gasteiger partial charge >= 0.3 is 0 Å². The summed E-state index contributed by atoms with van der Waals surface area (Å²) in [5.41, 5.74) is 8.01. The van der Waals surface area contributed by atoms with Crippen LogP contribution in [0.25, 0.3) is 0 Å². The maximum atomic E-state index is 12.2. The molecule has 0 aliphatic rings. The molecule has 4 N–H and O–H groups in total. The summed E-state index contributed by atoms with van der Waals surface area (Å²) in [4.78, 5) is 24.4. The first-order valence-corrected chi connectivity index (χ1v) is 9.39. The van der Waals surface area contributed by atoms with Gasteiger partial charge in [-0.1, -0.05) is 43.2 Å². The first kappa shape index (κ1) is 21.2. The van der Waals surface area contributed by atoms with Gasteiger partial charge in [-0.2, -0.15) is 0 Å². The molecule has 0 bridgehead atoms. The molecule has 0 radical (unpaired) electrons. The van der Waals surface area contributed by atoms with Crippen LogP contribution in [0.1, 0.15) is 56.6 Å². The number of hydrogen-bond acceptors (Lipinski definition) is 3. The van der Waals surface area contributed by atoms with E-state index in [1.807, 2.05) is 0 Å². The Hall–Kier alpha value is -1.88. The van der Waals surface area contributed by atoms with Gasteiger partial charge in [-0.3, -0.25) is 9.59 Å². The second kappa shape index (κ2) is 12.5. The number of hydrogen-bond donors (Lipinski definition) is 3. The van der Waals surface area contributed by atoms with Crippen LogP contribution in [-0.4, -0.2) is 30.9 Å². The van der Waals surface area contributed by atoms with Gasteiger partial charge in [0.1, 0.15) is 6.04 Å². The van der Waals surface area contributed by atoms with E-state index in [2.05, 4.69) is 48.7 Å². The first-order chi connectivity index (χ1) is 12.1. The van der Waals surface area contributed by atoms with Gasteiger partial charge in [0.25, 0.3) is 0 Å². The van der Waals surface area contributed by atoms with E-state index in [9.17, 15) is 9.59 Å². The number of benzene rings is 1. The lowest BCUT2D eigenvalue weighted by Crippen LogP contribution is -2.47. The molecule has 0 fully saturated rings. The summed E-state index contributed by atoms with van der Waals surface area (Å²) in [7, 11) is 0. The molecule has 5 nitrogen and oxygen atoms in total. The Kier molecular flexibility index (Phi) is 10.6. The highest BCUT2D eigenvalue weighted by Crippen LogP contribution is 2.07. The Labute approximate surface area is 151 Å². The van der Waals surface area contributed by atoms with E-state index >= 15 is 0 Å². The van der Waals surface area contributed by atoms with Crippen molar-refractivity contribution in [2.24, 2.45) is 5.73 Å². The van der Waals surface area contributed by atoms with Gasteiger partial charge in [-0.15, -0.1) is 0 Å². The van der Waals surface area contributed by atoms with E-state index in [4.69, 9.17) is 5.73 Å². The third kappa shape index (κ3) is 9.25. The van der Waals surface area contributed by atoms with Gasteiger partial charge in [-0.05, 0) is 51.1 Å². The van der Waals surface area contributed by atoms with Crippen molar-refractivity contribution >= 4 is 11.8 Å². The van der Waals surface area contributed by atoms with Crippen LogP contribution in [0.2, 0.25) is 0 Å². The lowest BCUT2D eigenvalue weighted by atomic mass is 10.1. The lowest BCUT2D eigenvalue weighted by Gasteiger charge is -2.18. The number of unbranched alkanes of at least 4 members (excludes halogenated alkanes) is 1. The summed E-state index contributed by atoms with van der Waals surface area (Å²) in [5.74, 6) is -0.173. The summed E-state index contributed by atoms with van der Waals surface area (Å²) in [6.07, 6.45) is 5.34. The van der Waals surface area contributed by atoms with Gasteiger partial charge in [-0.25, -0.2) is 0 Å². The largest absolute Gasteiger partial charge is 0.354 e. The summed E-state index contributed by atoms with van der Waals surface area (Å²) in [5, 5.41) is 5.76. The van der Waals surface area contributed by atoms with Crippen LogP contribution in [-0.2, 0) is 16.0 Å². The zero-order valence-corrected chi connectivity index (χ0v) is 15.6. The Morgan fingerprint density at radius 2 is 1.84 bits per heavy atom. The van der Waals surface area contributed by atoms with Crippen molar-refractivity contribution in [3.05, 3.63) is 35.4 Å².